The maximum atomic E-state index is 14.4. The molecule has 15 heteroatoms. The molecule has 3 N–H and O–H groups in total. The molecule has 244 valence electrons. The number of nitrogens with one attached hydrogen (secondary N) is 1. The van der Waals surface area contributed by atoms with E-state index in [0.29, 0.717) is 25.5 Å². The molecule has 0 radical (unpaired) electrons. The van der Waals surface area contributed by atoms with E-state index in [1.54, 1.807) is 25.7 Å². The molecule has 1 heterocycles. The first-order valence-corrected chi connectivity index (χ1v) is 16.3. The van der Waals surface area contributed by atoms with Crippen LogP contribution in [0.3, 0.4) is 0 Å². The molecule has 0 aromatic heterocycles. The fourth-order valence-electron chi connectivity index (χ4n) is 5.11. The number of nitrogens with zero attached hydrogens (tertiary/aromatic N) is 2. The van der Waals surface area contributed by atoms with Crippen LogP contribution in [0.25, 0.3) is 0 Å². The number of sulfone groups is 1. The molecule has 0 saturated carbocycles. The van der Waals surface area contributed by atoms with Crippen LogP contribution in [0.4, 0.5) is 29.3 Å². The minimum absolute atomic E-state index is 0.105. The standard InChI is InChI=1S/C29H37Cl2F3N4O5S/c1-7-44(41,42)25-16(2)11-17(30)12-22(25)37(6)26(39)19-13-21(29(32,33)34)20(23(31)24(19)35)15-38-10-8-9-18(14-38)36-27(40)43-28(3,4)5/h11-13,18H,7-10,14-15,35H2,1-6H3,(H,36,40)/t18-/m1/s1. The zero-order chi connectivity index (χ0) is 33.4. The van der Waals surface area contributed by atoms with Crippen LogP contribution in [-0.2, 0) is 27.3 Å². The highest BCUT2D eigenvalue weighted by atomic mass is 35.5. The number of aryl methyl sites for hydroxylation is 1. The normalized spacial score (nSPS) is 16.5. The number of hydrogen-bond acceptors (Lipinski definition) is 7. The summed E-state index contributed by atoms with van der Waals surface area (Å²) in [5.41, 5.74) is 3.25. The summed E-state index contributed by atoms with van der Waals surface area (Å²) in [6.45, 7) is 8.52. The number of halogens is 5. The predicted molar refractivity (Wildman–Crippen MR) is 165 cm³/mol. The Morgan fingerprint density at radius 3 is 2.39 bits per heavy atom. The van der Waals surface area contributed by atoms with E-state index in [-0.39, 0.29) is 57.3 Å². The number of piperidine rings is 1. The molecule has 2 aromatic carbocycles. The van der Waals surface area contributed by atoms with Crippen molar-refractivity contribution >= 4 is 56.4 Å². The van der Waals surface area contributed by atoms with E-state index in [9.17, 15) is 31.2 Å². The van der Waals surface area contributed by atoms with E-state index in [1.165, 1.54) is 33.0 Å². The Morgan fingerprint density at radius 2 is 1.82 bits per heavy atom. The Morgan fingerprint density at radius 1 is 1.18 bits per heavy atom. The van der Waals surface area contributed by atoms with Gasteiger partial charge in [0.15, 0.2) is 9.84 Å². The number of likely N-dealkylation sites (tertiary alicyclic amines) is 1. The Kier molecular flexibility index (Phi) is 10.8. The maximum Gasteiger partial charge on any atom is 0.416 e. The number of hydrogen-bond donors (Lipinski definition) is 2. The lowest BCUT2D eigenvalue weighted by Gasteiger charge is -2.34. The number of rotatable bonds is 7. The fourth-order valence-corrected chi connectivity index (χ4v) is 6.99. The lowest BCUT2D eigenvalue weighted by molar-refractivity contribution is -0.138. The monoisotopic (exact) mass is 680 g/mol. The smallest absolute Gasteiger partial charge is 0.416 e. The van der Waals surface area contributed by atoms with Gasteiger partial charge in [-0.05, 0) is 76.4 Å². The number of carbonyl (C=O) groups is 2. The third kappa shape index (κ3) is 8.29. The van der Waals surface area contributed by atoms with Crippen LogP contribution in [0.15, 0.2) is 23.1 Å². The maximum absolute atomic E-state index is 14.4. The number of benzene rings is 2. The molecule has 1 aliphatic rings. The molecular formula is C29H37Cl2F3N4O5S. The number of alkyl carbamates (subject to hydrolysis) is 1. The van der Waals surface area contributed by atoms with Crippen LogP contribution in [0.5, 0.6) is 0 Å². The van der Waals surface area contributed by atoms with E-state index in [0.717, 1.165) is 4.90 Å². The molecule has 9 nitrogen and oxygen atoms in total. The van der Waals surface area contributed by atoms with E-state index in [4.69, 9.17) is 33.7 Å². The van der Waals surface area contributed by atoms with E-state index < -0.39 is 49.8 Å². The van der Waals surface area contributed by atoms with Gasteiger partial charge in [0.2, 0.25) is 0 Å². The minimum atomic E-state index is -4.91. The summed E-state index contributed by atoms with van der Waals surface area (Å²) < 4.78 is 74.4. The third-order valence-electron chi connectivity index (χ3n) is 7.13. The van der Waals surface area contributed by atoms with Crippen LogP contribution in [0.2, 0.25) is 10.0 Å². The summed E-state index contributed by atoms with van der Waals surface area (Å²) in [5, 5.41) is 2.44. The zero-order valence-electron chi connectivity index (χ0n) is 25.4. The van der Waals surface area contributed by atoms with Crippen LogP contribution in [0.1, 0.15) is 67.6 Å². The van der Waals surface area contributed by atoms with Gasteiger partial charge in [0.1, 0.15) is 5.60 Å². The highest BCUT2D eigenvalue weighted by Gasteiger charge is 2.38. The Bertz CT molecular complexity index is 1550. The van der Waals surface area contributed by atoms with Crippen LogP contribution in [-0.4, -0.2) is 62.9 Å². The van der Waals surface area contributed by atoms with Gasteiger partial charge in [-0.2, -0.15) is 13.2 Å². The summed E-state index contributed by atoms with van der Waals surface area (Å²) in [5.74, 6) is -1.29. The quantitative estimate of drug-likeness (QED) is 0.322. The van der Waals surface area contributed by atoms with Crippen molar-refractivity contribution in [3.8, 4) is 0 Å². The number of amides is 2. The van der Waals surface area contributed by atoms with Crippen molar-refractivity contribution in [2.24, 2.45) is 0 Å². The largest absolute Gasteiger partial charge is 0.444 e. The topological polar surface area (TPSA) is 122 Å². The highest BCUT2D eigenvalue weighted by Crippen LogP contribution is 2.41. The molecule has 1 atom stereocenters. The number of nitrogen functional groups attached to an aromatic ring is 1. The van der Waals surface area contributed by atoms with E-state index in [2.05, 4.69) is 5.32 Å². The second kappa shape index (κ2) is 13.3. The molecule has 0 unspecified atom stereocenters. The van der Waals surface area contributed by atoms with Gasteiger partial charge < -0.3 is 20.7 Å². The Labute approximate surface area is 265 Å². The van der Waals surface area contributed by atoms with Crippen molar-refractivity contribution in [3.05, 3.63) is 50.5 Å². The number of alkyl halides is 3. The first-order chi connectivity index (χ1) is 20.2. The van der Waals surface area contributed by atoms with Crippen molar-refractivity contribution in [2.45, 2.75) is 76.7 Å². The number of nitrogens with two attached hydrogens (primary N) is 1. The van der Waals surface area contributed by atoms with Crippen molar-refractivity contribution in [1.29, 1.82) is 0 Å². The average molecular weight is 682 g/mol. The van der Waals surface area contributed by atoms with E-state index >= 15 is 0 Å². The zero-order valence-corrected chi connectivity index (χ0v) is 27.7. The molecule has 3 rings (SSSR count). The second-order valence-corrected chi connectivity index (χ2v) is 14.8. The van der Waals surface area contributed by atoms with Crippen molar-refractivity contribution in [3.63, 3.8) is 0 Å². The SMILES string of the molecule is CCS(=O)(=O)c1c(C)cc(Cl)cc1N(C)C(=O)c1cc(C(F)(F)F)c(CN2CCC[C@@H](NC(=O)OC(C)(C)C)C2)c(Cl)c1N. The average Bonchev–Trinajstić information content (AvgIpc) is 2.88. The number of anilines is 2. The first-order valence-electron chi connectivity index (χ1n) is 13.9. The summed E-state index contributed by atoms with van der Waals surface area (Å²) >= 11 is 12.6. The van der Waals surface area contributed by atoms with Gasteiger partial charge in [-0.15, -0.1) is 0 Å². The molecule has 1 fully saturated rings. The molecule has 0 aliphatic carbocycles. The van der Waals surface area contributed by atoms with Crippen LogP contribution < -0.4 is 16.0 Å². The summed E-state index contributed by atoms with van der Waals surface area (Å²) in [4.78, 5) is 28.4. The van der Waals surface area contributed by atoms with Gasteiger partial charge in [-0.25, -0.2) is 13.2 Å². The van der Waals surface area contributed by atoms with Gasteiger partial charge in [0, 0.05) is 31.2 Å². The molecule has 1 saturated heterocycles. The lowest BCUT2D eigenvalue weighted by Crippen LogP contribution is -2.48. The molecule has 44 heavy (non-hydrogen) atoms. The third-order valence-corrected chi connectivity index (χ3v) is 9.69. The fraction of sp³-hybridized carbons (Fsp3) is 0.517. The van der Waals surface area contributed by atoms with Crippen LogP contribution >= 0.6 is 23.2 Å². The summed E-state index contributed by atoms with van der Waals surface area (Å²) in [6, 6.07) is 2.95. The van der Waals surface area contributed by atoms with Crippen molar-refractivity contribution < 1.29 is 35.9 Å². The lowest BCUT2D eigenvalue weighted by atomic mass is 9.98. The highest BCUT2D eigenvalue weighted by molar-refractivity contribution is 7.91. The molecule has 0 spiro atoms. The van der Waals surface area contributed by atoms with Gasteiger partial charge in [-0.3, -0.25) is 9.69 Å². The van der Waals surface area contributed by atoms with E-state index in [1.807, 2.05) is 0 Å². The summed E-state index contributed by atoms with van der Waals surface area (Å²) in [7, 11) is -2.64. The predicted octanol–water partition coefficient (Wildman–Crippen LogP) is 6.46. The number of ether oxygens (including phenoxy) is 1. The summed E-state index contributed by atoms with van der Waals surface area (Å²) in [6.07, 6.45) is -4.33. The Hall–Kier alpha value is -2.74. The van der Waals surface area contributed by atoms with Crippen LogP contribution in [0, 0.1) is 6.92 Å². The number of carbonyl (C=O) groups excluding carboxylic acids is 2. The van der Waals surface area contributed by atoms with Gasteiger partial charge >= 0.3 is 12.3 Å². The molecule has 1 aliphatic heterocycles. The minimum Gasteiger partial charge on any atom is -0.444 e. The van der Waals surface area contributed by atoms with Crippen molar-refractivity contribution in [2.75, 3.05) is 36.5 Å². The molecular weight excluding hydrogens is 644 g/mol. The molecule has 2 aromatic rings. The first kappa shape index (κ1) is 35.7. The van der Waals surface area contributed by atoms with Gasteiger partial charge in [0.05, 0.1) is 38.2 Å². The second-order valence-electron chi connectivity index (χ2n) is 11.7. The van der Waals surface area contributed by atoms with Gasteiger partial charge in [0.25, 0.3) is 5.91 Å². The van der Waals surface area contributed by atoms with Gasteiger partial charge in [-0.1, -0.05) is 30.1 Å². The molecule has 2 amide bonds. The Balaban J connectivity index is 2.00. The van der Waals surface area contributed by atoms with Crippen molar-refractivity contribution in [1.82, 2.24) is 10.2 Å². The molecule has 0 bridgehead atoms.